The number of hydrogen-bond acceptors (Lipinski definition) is 9. The van der Waals surface area contributed by atoms with E-state index in [1.807, 2.05) is 29.1 Å². The van der Waals surface area contributed by atoms with Gasteiger partial charge in [0.2, 0.25) is 16.0 Å². The number of hydrogen-bond donors (Lipinski definition) is 1. The molecule has 2 aliphatic rings. The average Bonchev–Trinajstić information content (AvgIpc) is 3.53. The summed E-state index contributed by atoms with van der Waals surface area (Å²) in [4.78, 5) is 21.9. The van der Waals surface area contributed by atoms with Crippen LogP contribution in [-0.4, -0.2) is 113 Å². The van der Waals surface area contributed by atoms with E-state index in [0.29, 0.717) is 51.9 Å². The van der Waals surface area contributed by atoms with Crippen molar-refractivity contribution in [1.82, 2.24) is 38.9 Å². The van der Waals surface area contributed by atoms with E-state index in [0.717, 1.165) is 53.0 Å². The first-order valence-electron chi connectivity index (χ1n) is 12.1. The van der Waals surface area contributed by atoms with Crippen molar-refractivity contribution < 1.29 is 13.2 Å². The van der Waals surface area contributed by atoms with Gasteiger partial charge in [-0.1, -0.05) is 6.07 Å². The minimum Gasteiger partial charge on any atom is -0.378 e. The van der Waals surface area contributed by atoms with Crippen molar-refractivity contribution in [2.45, 2.75) is 6.54 Å². The molecule has 0 radical (unpaired) electrons. The van der Waals surface area contributed by atoms with Crippen LogP contribution in [0.1, 0.15) is 0 Å². The molecule has 0 amide bonds. The van der Waals surface area contributed by atoms with Gasteiger partial charge >= 0.3 is 0 Å². The Hall–Kier alpha value is -3.13. The number of H-pyrrole nitrogens is 1. The molecule has 2 fully saturated rings. The number of fused-ring (bicyclic) bond motifs is 2. The minimum absolute atomic E-state index is 0.516. The number of imidazole rings is 1. The highest BCUT2D eigenvalue weighted by atomic mass is 32.2. The third-order valence-corrected chi connectivity index (χ3v) is 8.20. The molecule has 1 aromatic carbocycles. The summed E-state index contributed by atoms with van der Waals surface area (Å²) >= 11 is 0. The Labute approximate surface area is 208 Å². The predicted molar refractivity (Wildman–Crippen MR) is 136 cm³/mol. The molecule has 13 heteroatoms. The Balaban J connectivity index is 1.31. The maximum Gasteiger partial charge on any atom is 0.228 e. The summed E-state index contributed by atoms with van der Waals surface area (Å²) in [5, 5.41) is 5.57. The van der Waals surface area contributed by atoms with Gasteiger partial charge in [-0.3, -0.25) is 4.90 Å². The fourth-order valence-electron chi connectivity index (χ4n) is 4.83. The molecular formula is C23H29N9O3S. The number of ether oxygens (including phenoxy) is 1. The number of piperazine rings is 1. The summed E-state index contributed by atoms with van der Waals surface area (Å²) in [5.74, 6) is 0.673. The van der Waals surface area contributed by atoms with E-state index >= 15 is 0 Å². The number of anilines is 1. The van der Waals surface area contributed by atoms with E-state index in [1.165, 1.54) is 10.6 Å². The number of rotatable bonds is 6. The summed E-state index contributed by atoms with van der Waals surface area (Å²) in [6.45, 7) is 6.63. The Morgan fingerprint density at radius 1 is 1.03 bits per heavy atom. The van der Waals surface area contributed by atoms with Crippen LogP contribution >= 0.6 is 0 Å². The van der Waals surface area contributed by atoms with Gasteiger partial charge in [0.1, 0.15) is 0 Å². The fourth-order valence-corrected chi connectivity index (χ4v) is 5.66. The van der Waals surface area contributed by atoms with E-state index in [4.69, 9.17) is 14.7 Å². The lowest BCUT2D eigenvalue weighted by atomic mass is 10.1. The highest BCUT2D eigenvalue weighted by Crippen LogP contribution is 2.30. The summed E-state index contributed by atoms with van der Waals surface area (Å²) in [6.07, 6.45) is 4.80. The summed E-state index contributed by atoms with van der Waals surface area (Å²) in [6, 6.07) is 6.10. The van der Waals surface area contributed by atoms with Gasteiger partial charge in [-0.2, -0.15) is 14.4 Å². The molecule has 12 nitrogen and oxygen atoms in total. The smallest absolute Gasteiger partial charge is 0.228 e. The molecule has 1 N–H and O–H groups in total. The number of sulfonamides is 1. The van der Waals surface area contributed by atoms with Crippen molar-refractivity contribution in [3.63, 3.8) is 0 Å². The monoisotopic (exact) mass is 511 g/mol. The van der Waals surface area contributed by atoms with Crippen molar-refractivity contribution in [3.05, 3.63) is 30.7 Å². The first-order valence-corrected chi connectivity index (χ1v) is 14.0. The van der Waals surface area contributed by atoms with Crippen molar-refractivity contribution in [2.24, 2.45) is 0 Å². The van der Waals surface area contributed by atoms with Gasteiger partial charge in [0.05, 0.1) is 60.7 Å². The number of benzene rings is 1. The maximum atomic E-state index is 11.8. The molecule has 0 atom stereocenters. The van der Waals surface area contributed by atoms with Crippen LogP contribution < -0.4 is 4.90 Å². The summed E-state index contributed by atoms with van der Waals surface area (Å²) < 4.78 is 32.6. The van der Waals surface area contributed by atoms with Crippen LogP contribution in [0, 0.1) is 0 Å². The first kappa shape index (κ1) is 23.3. The molecule has 2 saturated heterocycles. The number of aromatic nitrogens is 6. The van der Waals surface area contributed by atoms with E-state index in [-0.39, 0.29) is 0 Å². The highest BCUT2D eigenvalue weighted by molar-refractivity contribution is 7.88. The van der Waals surface area contributed by atoms with Gasteiger partial charge in [-0.05, 0) is 12.1 Å². The quantitative estimate of drug-likeness (QED) is 0.400. The van der Waals surface area contributed by atoms with Crippen molar-refractivity contribution in [1.29, 1.82) is 0 Å². The first-order chi connectivity index (χ1) is 17.5. The lowest BCUT2D eigenvalue weighted by Gasteiger charge is -2.33. The van der Waals surface area contributed by atoms with Gasteiger partial charge in [-0.25, -0.2) is 23.1 Å². The van der Waals surface area contributed by atoms with Gasteiger partial charge in [0.15, 0.2) is 5.65 Å². The van der Waals surface area contributed by atoms with Crippen LogP contribution in [0.4, 0.5) is 5.95 Å². The average molecular weight is 512 g/mol. The van der Waals surface area contributed by atoms with Crippen LogP contribution in [0.2, 0.25) is 0 Å². The second-order valence-corrected chi connectivity index (χ2v) is 11.2. The van der Waals surface area contributed by atoms with Crippen molar-refractivity contribution in [2.75, 3.05) is 70.2 Å². The SMILES string of the molecule is CS(=O)(=O)N1CCN(CCn2ncc3c(-c4ccc5[nH]cnc5c4)nc(N4CCOCC4)nc32)CC1. The van der Waals surface area contributed by atoms with Gasteiger partial charge in [0, 0.05) is 51.4 Å². The van der Waals surface area contributed by atoms with Gasteiger partial charge < -0.3 is 14.6 Å². The molecule has 5 heterocycles. The largest absolute Gasteiger partial charge is 0.378 e. The fraction of sp³-hybridized carbons (Fsp3) is 0.478. The standard InChI is InChI=1S/C23H29N9O3S/c1-36(33,34)31-7-4-29(5-8-31)6-9-32-22-18(15-26-32)21(17-2-3-19-20(14-17)25-16-24-19)27-23(28-22)30-10-12-35-13-11-30/h2-3,14-16H,4-13H2,1H3,(H,24,25). The number of aromatic amines is 1. The van der Waals surface area contributed by atoms with Crippen LogP contribution in [-0.2, 0) is 21.3 Å². The zero-order valence-electron chi connectivity index (χ0n) is 20.2. The Bertz CT molecular complexity index is 1490. The number of nitrogens with one attached hydrogen (secondary N) is 1. The molecule has 0 saturated carbocycles. The minimum atomic E-state index is -3.14. The molecule has 0 unspecified atom stereocenters. The molecule has 4 aromatic rings. The Morgan fingerprint density at radius 2 is 1.83 bits per heavy atom. The molecule has 0 aliphatic carbocycles. The third-order valence-electron chi connectivity index (χ3n) is 6.90. The van der Waals surface area contributed by atoms with E-state index in [1.54, 1.807) is 6.33 Å². The Kier molecular flexibility index (Phi) is 6.07. The molecular weight excluding hydrogens is 482 g/mol. The van der Waals surface area contributed by atoms with Crippen LogP contribution in [0.15, 0.2) is 30.7 Å². The van der Waals surface area contributed by atoms with Crippen LogP contribution in [0.5, 0.6) is 0 Å². The number of nitrogens with zero attached hydrogens (tertiary/aromatic N) is 8. The zero-order chi connectivity index (χ0) is 24.7. The maximum absolute atomic E-state index is 11.8. The zero-order valence-corrected chi connectivity index (χ0v) is 21.0. The molecule has 0 spiro atoms. The highest BCUT2D eigenvalue weighted by Gasteiger charge is 2.24. The van der Waals surface area contributed by atoms with Crippen molar-refractivity contribution >= 4 is 38.0 Å². The van der Waals surface area contributed by atoms with E-state index in [2.05, 4.69) is 24.9 Å². The van der Waals surface area contributed by atoms with E-state index in [9.17, 15) is 8.42 Å². The third kappa shape index (κ3) is 4.54. The molecule has 2 aliphatic heterocycles. The van der Waals surface area contributed by atoms with Crippen LogP contribution in [0.3, 0.4) is 0 Å². The normalized spacial score (nSPS) is 18.4. The van der Waals surface area contributed by atoms with E-state index < -0.39 is 10.0 Å². The lowest BCUT2D eigenvalue weighted by molar-refractivity contribution is 0.122. The summed E-state index contributed by atoms with van der Waals surface area (Å²) in [5.41, 5.74) is 4.45. The Morgan fingerprint density at radius 3 is 2.61 bits per heavy atom. The second kappa shape index (κ2) is 9.39. The molecule has 6 rings (SSSR count). The molecule has 3 aromatic heterocycles. The van der Waals surface area contributed by atoms with Gasteiger partial charge in [-0.15, -0.1) is 0 Å². The molecule has 190 valence electrons. The second-order valence-electron chi connectivity index (χ2n) is 9.21. The topological polar surface area (TPSA) is 125 Å². The lowest BCUT2D eigenvalue weighted by Crippen LogP contribution is -2.48. The predicted octanol–water partition coefficient (Wildman–Crippen LogP) is 0.783. The van der Waals surface area contributed by atoms with Gasteiger partial charge in [0.25, 0.3) is 0 Å². The molecule has 0 bridgehead atoms. The molecule has 36 heavy (non-hydrogen) atoms. The summed E-state index contributed by atoms with van der Waals surface area (Å²) in [7, 11) is -3.14. The van der Waals surface area contributed by atoms with Crippen molar-refractivity contribution in [3.8, 4) is 11.3 Å². The number of morpholine rings is 1. The van der Waals surface area contributed by atoms with Crippen LogP contribution in [0.25, 0.3) is 33.3 Å².